The summed E-state index contributed by atoms with van der Waals surface area (Å²) in [7, 11) is 1.58. The molecule has 3 heterocycles. The van der Waals surface area contributed by atoms with Gasteiger partial charge in [-0.15, -0.1) is 0 Å². The van der Waals surface area contributed by atoms with Gasteiger partial charge in [-0.2, -0.15) is 0 Å². The van der Waals surface area contributed by atoms with Crippen molar-refractivity contribution in [3.05, 3.63) is 113 Å². The Morgan fingerprint density at radius 3 is 2.66 bits per heavy atom. The van der Waals surface area contributed by atoms with E-state index < -0.39 is 0 Å². The number of nitrogens with one attached hydrogen (secondary N) is 1. The maximum absolute atomic E-state index is 15.0. The van der Waals surface area contributed by atoms with E-state index in [1.807, 2.05) is 44.2 Å². The Morgan fingerprint density at radius 1 is 1.05 bits per heavy atom. The van der Waals surface area contributed by atoms with Crippen molar-refractivity contribution >= 4 is 11.6 Å². The average Bonchev–Trinajstić information content (AvgIpc) is 3.44. The highest BCUT2D eigenvalue weighted by Crippen LogP contribution is 2.32. The molecule has 38 heavy (non-hydrogen) atoms. The van der Waals surface area contributed by atoms with Gasteiger partial charge in [0, 0.05) is 41.6 Å². The van der Waals surface area contributed by atoms with Crippen LogP contribution in [0, 0.1) is 12.7 Å². The lowest BCUT2D eigenvalue weighted by molar-refractivity contribution is 0.0826. The summed E-state index contributed by atoms with van der Waals surface area (Å²) in [6.45, 7) is 3.68. The number of aryl methyl sites for hydroxylation is 1. The first-order valence-electron chi connectivity index (χ1n) is 12.3. The molecule has 1 aliphatic rings. The molecule has 192 valence electrons. The summed E-state index contributed by atoms with van der Waals surface area (Å²) in [6.07, 6.45) is 3.48. The molecule has 4 aromatic rings. The topological polar surface area (TPSA) is 85.7 Å². The first-order valence-corrected chi connectivity index (χ1v) is 12.3. The van der Waals surface area contributed by atoms with E-state index in [1.165, 1.54) is 6.07 Å². The number of amides is 1. The fourth-order valence-electron chi connectivity index (χ4n) is 4.35. The van der Waals surface area contributed by atoms with E-state index in [2.05, 4.69) is 20.4 Å². The highest BCUT2D eigenvalue weighted by Gasteiger charge is 2.26. The van der Waals surface area contributed by atoms with Crippen LogP contribution < -0.4 is 10.1 Å². The first-order chi connectivity index (χ1) is 18.4. The molecule has 2 aromatic carbocycles. The number of aromatic nitrogens is 2. The molecule has 2 aromatic heterocycles. The zero-order chi connectivity index (χ0) is 26.6. The minimum absolute atomic E-state index is 0.321. The number of benzene rings is 2. The van der Waals surface area contributed by atoms with Crippen molar-refractivity contribution in [2.45, 2.75) is 32.4 Å². The second-order valence-electron chi connectivity index (χ2n) is 9.19. The fraction of sp³-hybridized carbons (Fsp3) is 0.200. The molecule has 1 amide bonds. The Balaban J connectivity index is 1.48. The van der Waals surface area contributed by atoms with E-state index in [1.54, 1.807) is 49.8 Å². The van der Waals surface area contributed by atoms with E-state index in [-0.39, 0.29) is 23.9 Å². The molecule has 1 N–H and O–H groups in total. The molecule has 7 nitrogen and oxygen atoms in total. The predicted molar refractivity (Wildman–Crippen MR) is 142 cm³/mol. The molecule has 8 heteroatoms. The van der Waals surface area contributed by atoms with Gasteiger partial charge in [-0.1, -0.05) is 23.4 Å². The van der Waals surface area contributed by atoms with E-state index in [9.17, 15) is 9.18 Å². The molecule has 1 aliphatic heterocycles. The third-order valence-electron chi connectivity index (χ3n) is 6.43. The minimum atomic E-state index is -0.387. The van der Waals surface area contributed by atoms with Gasteiger partial charge in [0.15, 0.2) is 6.10 Å². The van der Waals surface area contributed by atoms with Crippen molar-refractivity contribution in [3.63, 3.8) is 0 Å². The molecule has 0 spiro atoms. The maximum Gasteiger partial charge on any atom is 0.251 e. The molecule has 2 atom stereocenters. The van der Waals surface area contributed by atoms with Crippen molar-refractivity contribution in [1.29, 1.82) is 0 Å². The summed E-state index contributed by atoms with van der Waals surface area (Å²) >= 11 is 0. The zero-order valence-electron chi connectivity index (χ0n) is 21.3. The number of carbonyl (C=O) groups is 1. The Labute approximate surface area is 220 Å². The smallest absolute Gasteiger partial charge is 0.251 e. The van der Waals surface area contributed by atoms with Crippen LogP contribution in [0.25, 0.3) is 11.1 Å². The summed E-state index contributed by atoms with van der Waals surface area (Å²) in [5.74, 6) is -0.0334. The summed E-state index contributed by atoms with van der Waals surface area (Å²) in [6, 6.07) is 19.1. The van der Waals surface area contributed by atoms with Crippen molar-refractivity contribution in [2.75, 3.05) is 7.11 Å². The lowest BCUT2D eigenvalue weighted by Gasteiger charge is -2.16. The number of carbonyl (C=O) groups excluding carboxylic acids is 1. The van der Waals surface area contributed by atoms with Crippen LogP contribution in [0.3, 0.4) is 0 Å². The van der Waals surface area contributed by atoms with Gasteiger partial charge in [-0.25, -0.2) is 4.39 Å². The summed E-state index contributed by atoms with van der Waals surface area (Å²) in [5.41, 5.74) is 4.92. The molecule has 0 saturated carbocycles. The Morgan fingerprint density at radius 2 is 1.89 bits per heavy atom. The molecule has 0 aliphatic carbocycles. The average molecular weight is 511 g/mol. The van der Waals surface area contributed by atoms with Gasteiger partial charge < -0.3 is 14.9 Å². The third-order valence-corrected chi connectivity index (χ3v) is 6.43. The van der Waals surface area contributed by atoms with Crippen LogP contribution in [0.2, 0.25) is 0 Å². The van der Waals surface area contributed by atoms with Gasteiger partial charge in [-0.05, 0) is 67.4 Å². The van der Waals surface area contributed by atoms with E-state index >= 15 is 0 Å². The minimum Gasteiger partial charge on any atom is -0.497 e. The zero-order valence-corrected chi connectivity index (χ0v) is 21.3. The SMILES string of the molecule is COc1ccnc([C@@H](C)NC(=O)c2cc(C3=NOC(c4ccccn4)C3)cc(-c3ccc(C)cc3F)c2)c1. The number of rotatable bonds is 7. The molecular formula is C30H27FN4O3. The van der Waals surface area contributed by atoms with E-state index in [0.29, 0.717) is 45.8 Å². The maximum atomic E-state index is 15.0. The van der Waals surface area contributed by atoms with Crippen LogP contribution in [0.15, 0.2) is 84.3 Å². The molecular weight excluding hydrogens is 483 g/mol. The number of pyridine rings is 2. The van der Waals surface area contributed by atoms with Gasteiger partial charge in [0.25, 0.3) is 5.91 Å². The quantitative estimate of drug-likeness (QED) is 0.332. The Kier molecular flexibility index (Phi) is 7.13. The van der Waals surface area contributed by atoms with Crippen LogP contribution in [-0.2, 0) is 4.84 Å². The fourth-order valence-corrected chi connectivity index (χ4v) is 4.35. The van der Waals surface area contributed by atoms with Gasteiger partial charge in [0.1, 0.15) is 11.6 Å². The van der Waals surface area contributed by atoms with Crippen molar-refractivity contribution in [3.8, 4) is 16.9 Å². The second kappa shape index (κ2) is 10.8. The van der Waals surface area contributed by atoms with Crippen LogP contribution in [0.4, 0.5) is 4.39 Å². The van der Waals surface area contributed by atoms with Crippen LogP contribution in [-0.4, -0.2) is 28.7 Å². The third kappa shape index (κ3) is 5.39. The van der Waals surface area contributed by atoms with Gasteiger partial charge in [-0.3, -0.25) is 14.8 Å². The molecule has 0 saturated heterocycles. The Hall–Kier alpha value is -4.59. The molecule has 5 rings (SSSR count). The summed E-state index contributed by atoms with van der Waals surface area (Å²) in [5, 5.41) is 7.28. The number of hydrogen-bond acceptors (Lipinski definition) is 6. The predicted octanol–water partition coefficient (Wildman–Crippen LogP) is 5.96. The molecule has 1 unspecified atom stereocenters. The van der Waals surface area contributed by atoms with E-state index in [4.69, 9.17) is 9.57 Å². The number of halogens is 1. The lowest BCUT2D eigenvalue weighted by Crippen LogP contribution is -2.27. The van der Waals surface area contributed by atoms with Gasteiger partial charge in [0.2, 0.25) is 0 Å². The van der Waals surface area contributed by atoms with Gasteiger partial charge >= 0.3 is 0 Å². The lowest BCUT2D eigenvalue weighted by atomic mass is 9.94. The number of ether oxygens (including phenoxy) is 1. The molecule has 0 fully saturated rings. The standard InChI is InChI=1S/C30H27FN4O3/c1-18-7-8-24(25(31)12-18)20-13-21(28-17-29(38-35-28)26-6-4-5-10-32-26)15-22(14-20)30(36)34-19(2)27-16-23(37-3)9-11-33-27/h4-16,19,29H,17H2,1-3H3,(H,34,36)/t19-,29?/m1/s1. The number of methoxy groups -OCH3 is 1. The van der Waals surface area contributed by atoms with Crippen molar-refractivity contribution < 1.29 is 18.8 Å². The van der Waals surface area contributed by atoms with Crippen LogP contribution in [0.5, 0.6) is 5.75 Å². The first kappa shape index (κ1) is 25.1. The normalized spacial score (nSPS) is 15.4. The molecule has 0 radical (unpaired) electrons. The Bertz CT molecular complexity index is 1510. The van der Waals surface area contributed by atoms with Crippen molar-refractivity contribution in [1.82, 2.24) is 15.3 Å². The largest absolute Gasteiger partial charge is 0.497 e. The monoisotopic (exact) mass is 510 g/mol. The number of nitrogens with zero attached hydrogens (tertiary/aromatic N) is 3. The molecule has 0 bridgehead atoms. The highest BCUT2D eigenvalue weighted by atomic mass is 19.1. The second-order valence-corrected chi connectivity index (χ2v) is 9.19. The number of oxime groups is 1. The summed E-state index contributed by atoms with van der Waals surface area (Å²) in [4.78, 5) is 27.8. The van der Waals surface area contributed by atoms with E-state index in [0.717, 1.165) is 11.3 Å². The van der Waals surface area contributed by atoms with Crippen LogP contribution in [0.1, 0.15) is 58.4 Å². The number of hydrogen-bond donors (Lipinski definition) is 1. The highest BCUT2D eigenvalue weighted by molar-refractivity contribution is 6.05. The van der Waals surface area contributed by atoms with Gasteiger partial charge in [0.05, 0.1) is 30.3 Å². The van der Waals surface area contributed by atoms with Crippen molar-refractivity contribution in [2.24, 2.45) is 5.16 Å². The van der Waals surface area contributed by atoms with Crippen LogP contribution >= 0.6 is 0 Å². The summed E-state index contributed by atoms with van der Waals surface area (Å²) < 4.78 is 20.3.